The molecular weight excluding hydrogens is 763 g/mol. The molecule has 2 aliphatic carbocycles. The molecule has 1 spiro atoms. The molecule has 0 amide bonds. The van der Waals surface area contributed by atoms with Crippen LogP contribution < -0.4 is 5.32 Å². The van der Waals surface area contributed by atoms with Crippen LogP contribution in [0.1, 0.15) is 57.8 Å². The third kappa shape index (κ3) is 5.83. The molecule has 10 aromatic rings. The fraction of sp³-hybridized carbons (Fsp3) is 0.0820. The molecule has 0 saturated carbocycles. The van der Waals surface area contributed by atoms with E-state index in [1.54, 1.807) is 0 Å². The summed E-state index contributed by atoms with van der Waals surface area (Å²) in [7, 11) is 0. The van der Waals surface area contributed by atoms with Gasteiger partial charge in [-0.25, -0.2) is 0 Å². The van der Waals surface area contributed by atoms with Crippen molar-refractivity contribution in [1.82, 2.24) is 5.32 Å². The first-order chi connectivity index (χ1) is 31.1. The molecule has 1 N–H and O–H groups in total. The molecule has 9 aromatic carbocycles. The SMILES string of the molecule is C=C(C(C)c1ccccc1)C(NCc1ccccc1)c1ccc2oc3ccc(-c4ccc5c(c4)-c4ccccc4C54c5ccccc5-c5ccccc5-c5ccccc54)cc3c2c1. The average molecular weight is 808 g/mol. The van der Waals surface area contributed by atoms with Gasteiger partial charge in [0, 0.05) is 23.2 Å². The predicted octanol–water partition coefficient (Wildman–Crippen LogP) is 15.5. The second-order valence-electron chi connectivity index (χ2n) is 17.3. The van der Waals surface area contributed by atoms with E-state index in [4.69, 9.17) is 11.0 Å². The quantitative estimate of drug-likeness (QED) is 0.155. The van der Waals surface area contributed by atoms with E-state index < -0.39 is 5.41 Å². The first-order valence-electron chi connectivity index (χ1n) is 22.1. The summed E-state index contributed by atoms with van der Waals surface area (Å²) < 4.78 is 6.54. The zero-order valence-corrected chi connectivity index (χ0v) is 35.2. The highest BCUT2D eigenvalue weighted by molar-refractivity contribution is 6.07. The minimum absolute atomic E-state index is 0.0749. The van der Waals surface area contributed by atoms with E-state index in [1.807, 2.05) is 0 Å². The van der Waals surface area contributed by atoms with Gasteiger partial charge in [-0.15, -0.1) is 0 Å². The fourth-order valence-corrected chi connectivity index (χ4v) is 10.9. The van der Waals surface area contributed by atoms with Crippen molar-refractivity contribution in [2.75, 3.05) is 0 Å². The third-order valence-corrected chi connectivity index (χ3v) is 14.0. The largest absolute Gasteiger partial charge is 0.456 e. The summed E-state index contributed by atoms with van der Waals surface area (Å²) in [6.45, 7) is 7.72. The lowest BCUT2D eigenvalue weighted by Gasteiger charge is -2.35. The first-order valence-corrected chi connectivity index (χ1v) is 22.1. The molecule has 2 aliphatic rings. The number of furan rings is 1. The van der Waals surface area contributed by atoms with Crippen LogP contribution in [0.3, 0.4) is 0 Å². The Morgan fingerprint density at radius 2 is 0.937 bits per heavy atom. The summed E-state index contributed by atoms with van der Waals surface area (Å²) >= 11 is 0. The first kappa shape index (κ1) is 37.3. The Morgan fingerprint density at radius 1 is 0.460 bits per heavy atom. The van der Waals surface area contributed by atoms with Gasteiger partial charge < -0.3 is 9.73 Å². The van der Waals surface area contributed by atoms with Crippen LogP contribution in [-0.2, 0) is 12.0 Å². The molecular formula is C61H45NO. The number of nitrogens with one attached hydrogen (secondary N) is 1. The molecule has 2 unspecified atom stereocenters. The Labute approximate surface area is 368 Å². The standard InChI is InChI=1S/C61H45NO/c1-39(42-19-7-4-8-20-42)40(2)60(62-38-41-17-5-3-6-18-41)45-31-34-59-53(37-45)52-36-44(30-33-58(52)63-59)43-29-32-57-51(35-43)50-25-13-16-28-56(50)61(57)54-26-14-11-23-48(54)46-21-9-10-22-47(46)49-24-12-15-27-55(49)61/h3-37,39,60,62H,2,38H2,1H3. The van der Waals surface area contributed by atoms with E-state index >= 15 is 0 Å². The summed E-state index contributed by atoms with van der Waals surface area (Å²) in [5, 5.41) is 6.10. The Hall–Kier alpha value is -7.52. The lowest BCUT2D eigenvalue weighted by molar-refractivity contribution is 0.568. The second-order valence-corrected chi connectivity index (χ2v) is 17.3. The highest BCUT2D eigenvalue weighted by Crippen LogP contribution is 2.61. The van der Waals surface area contributed by atoms with Crippen molar-refractivity contribution in [2.45, 2.75) is 30.8 Å². The van der Waals surface area contributed by atoms with Crippen molar-refractivity contribution < 1.29 is 4.42 Å². The predicted molar refractivity (Wildman–Crippen MR) is 261 cm³/mol. The highest BCUT2D eigenvalue weighted by atomic mass is 16.3. The van der Waals surface area contributed by atoms with Crippen molar-refractivity contribution in [1.29, 1.82) is 0 Å². The maximum absolute atomic E-state index is 6.54. The summed E-state index contributed by atoms with van der Waals surface area (Å²) in [6, 6.07) is 77.9. The summed E-state index contributed by atoms with van der Waals surface area (Å²) in [6.07, 6.45) is 0. The van der Waals surface area contributed by atoms with Gasteiger partial charge in [0.1, 0.15) is 11.2 Å². The molecule has 0 radical (unpaired) electrons. The van der Waals surface area contributed by atoms with Crippen LogP contribution in [-0.4, -0.2) is 0 Å². The van der Waals surface area contributed by atoms with Gasteiger partial charge in [-0.05, 0) is 119 Å². The molecule has 300 valence electrons. The van der Waals surface area contributed by atoms with Crippen LogP contribution in [0.2, 0.25) is 0 Å². The van der Waals surface area contributed by atoms with Crippen LogP contribution in [0.4, 0.5) is 0 Å². The number of hydrogen-bond donors (Lipinski definition) is 1. The van der Waals surface area contributed by atoms with E-state index in [2.05, 4.69) is 225 Å². The van der Waals surface area contributed by atoms with Crippen molar-refractivity contribution in [2.24, 2.45) is 0 Å². The second kappa shape index (κ2) is 14.8. The molecule has 2 atom stereocenters. The highest BCUT2D eigenvalue weighted by Gasteiger charge is 2.49. The van der Waals surface area contributed by atoms with Crippen molar-refractivity contribution in [3.8, 4) is 44.5 Å². The van der Waals surface area contributed by atoms with Crippen LogP contribution in [0.25, 0.3) is 66.4 Å². The molecule has 0 fully saturated rings. The van der Waals surface area contributed by atoms with Crippen LogP contribution in [0, 0.1) is 0 Å². The number of hydrogen-bond acceptors (Lipinski definition) is 2. The summed E-state index contributed by atoms with van der Waals surface area (Å²) in [4.78, 5) is 0. The minimum Gasteiger partial charge on any atom is -0.456 e. The third-order valence-electron chi connectivity index (χ3n) is 14.0. The van der Waals surface area contributed by atoms with Crippen LogP contribution >= 0.6 is 0 Å². The lowest BCUT2D eigenvalue weighted by atomic mass is 9.66. The number of rotatable bonds is 8. The monoisotopic (exact) mass is 807 g/mol. The molecule has 0 bridgehead atoms. The normalized spacial score (nSPS) is 14.0. The zero-order valence-electron chi connectivity index (χ0n) is 35.2. The molecule has 2 heteroatoms. The van der Waals surface area contributed by atoms with Gasteiger partial charge >= 0.3 is 0 Å². The minimum atomic E-state index is -0.495. The van der Waals surface area contributed by atoms with Gasteiger partial charge in [-0.2, -0.15) is 0 Å². The van der Waals surface area contributed by atoms with E-state index in [1.165, 1.54) is 77.9 Å². The van der Waals surface area contributed by atoms with Gasteiger partial charge in [0.2, 0.25) is 0 Å². The van der Waals surface area contributed by atoms with E-state index in [0.29, 0.717) is 0 Å². The Morgan fingerprint density at radius 3 is 1.57 bits per heavy atom. The van der Waals surface area contributed by atoms with E-state index in [0.717, 1.165) is 39.6 Å². The molecule has 0 saturated heterocycles. The molecule has 1 heterocycles. The number of benzene rings is 9. The Kier molecular flexibility index (Phi) is 8.77. The lowest BCUT2D eigenvalue weighted by Crippen LogP contribution is -2.29. The van der Waals surface area contributed by atoms with E-state index in [-0.39, 0.29) is 12.0 Å². The molecule has 2 nitrogen and oxygen atoms in total. The van der Waals surface area contributed by atoms with Crippen LogP contribution in [0.5, 0.6) is 0 Å². The van der Waals surface area contributed by atoms with Crippen molar-refractivity contribution >= 4 is 21.9 Å². The molecule has 12 rings (SSSR count). The molecule has 63 heavy (non-hydrogen) atoms. The topological polar surface area (TPSA) is 25.2 Å². The van der Waals surface area contributed by atoms with Gasteiger partial charge in [-0.1, -0.05) is 195 Å². The maximum Gasteiger partial charge on any atom is 0.135 e. The van der Waals surface area contributed by atoms with E-state index in [9.17, 15) is 0 Å². The maximum atomic E-state index is 6.54. The summed E-state index contributed by atoms with van der Waals surface area (Å²) in [5.41, 5.74) is 21.4. The average Bonchev–Trinajstić information content (AvgIpc) is 3.83. The van der Waals surface area contributed by atoms with Crippen molar-refractivity contribution in [3.63, 3.8) is 0 Å². The van der Waals surface area contributed by atoms with Gasteiger partial charge in [0.15, 0.2) is 0 Å². The zero-order chi connectivity index (χ0) is 42.1. The Balaban J connectivity index is 0.990. The Bertz CT molecular complexity index is 3330. The smallest absolute Gasteiger partial charge is 0.135 e. The van der Waals surface area contributed by atoms with Gasteiger partial charge in [-0.3, -0.25) is 0 Å². The van der Waals surface area contributed by atoms with Crippen LogP contribution in [0.15, 0.2) is 229 Å². The molecule has 1 aromatic heterocycles. The number of fused-ring (bicyclic) bond motifs is 15. The molecule has 0 aliphatic heterocycles. The van der Waals surface area contributed by atoms with Gasteiger partial charge in [0.05, 0.1) is 11.5 Å². The fourth-order valence-electron chi connectivity index (χ4n) is 10.9. The van der Waals surface area contributed by atoms with Crippen molar-refractivity contribution in [3.05, 3.63) is 263 Å². The van der Waals surface area contributed by atoms with Gasteiger partial charge in [0.25, 0.3) is 0 Å². The summed E-state index contributed by atoms with van der Waals surface area (Å²) in [5.74, 6) is 0.155.